The van der Waals surface area contributed by atoms with Crippen LogP contribution in [0.15, 0.2) is 50.7 Å². The quantitative estimate of drug-likeness (QED) is 0.402. The number of carbonyl (C=O) groups is 1. The third-order valence-corrected chi connectivity index (χ3v) is 5.60. The zero-order valence-corrected chi connectivity index (χ0v) is 17.7. The summed E-state index contributed by atoms with van der Waals surface area (Å²) < 4.78 is 11.7. The van der Waals surface area contributed by atoms with E-state index in [1.54, 1.807) is 18.2 Å². The summed E-state index contributed by atoms with van der Waals surface area (Å²) in [5.41, 5.74) is 1.92. The van der Waals surface area contributed by atoms with Crippen LogP contribution in [0.1, 0.15) is 65.4 Å². The summed E-state index contributed by atoms with van der Waals surface area (Å²) in [6.07, 6.45) is 5.60. The molecule has 0 saturated heterocycles. The molecular formula is C24H28O5. The van der Waals surface area contributed by atoms with Gasteiger partial charge in [0.05, 0.1) is 10.9 Å². The first-order valence-electron chi connectivity index (χ1n) is 9.93. The topological polar surface area (TPSA) is 76.7 Å². The number of rotatable bonds is 6. The first-order chi connectivity index (χ1) is 13.6. The van der Waals surface area contributed by atoms with Crippen LogP contribution in [-0.2, 0) is 4.79 Å². The fourth-order valence-electron chi connectivity index (χ4n) is 3.88. The summed E-state index contributed by atoms with van der Waals surface area (Å²) in [7, 11) is 0. The number of benzene rings is 1. The maximum atomic E-state index is 12.5. The minimum atomic E-state index is -0.552. The van der Waals surface area contributed by atoms with Gasteiger partial charge in [-0.15, -0.1) is 0 Å². The van der Waals surface area contributed by atoms with Crippen LogP contribution in [0, 0.1) is 0 Å². The number of aromatic hydroxyl groups is 1. The number of phenols is 1. The highest BCUT2D eigenvalue weighted by Crippen LogP contribution is 2.48. The van der Waals surface area contributed by atoms with Crippen molar-refractivity contribution in [3.63, 3.8) is 0 Å². The van der Waals surface area contributed by atoms with Crippen molar-refractivity contribution >= 4 is 16.8 Å². The number of phenolic OH excluding ortho intramolecular Hbond substituents is 1. The SMILES string of the molecule is CC(C)=CC(=O)C/C(C)=C/CC[C@@]1(C)Oc2c(c(=O)oc3cc(O)ccc23)[C@H]1C. The molecule has 1 aromatic carbocycles. The van der Waals surface area contributed by atoms with Gasteiger partial charge in [-0.3, -0.25) is 4.79 Å². The van der Waals surface area contributed by atoms with E-state index in [1.165, 1.54) is 6.07 Å². The molecular weight excluding hydrogens is 368 g/mol. The Kier molecular flexibility index (Phi) is 5.69. The fraction of sp³-hybridized carbons (Fsp3) is 0.417. The molecule has 2 atom stereocenters. The Morgan fingerprint density at radius 2 is 2.00 bits per heavy atom. The Hall–Kier alpha value is -2.82. The van der Waals surface area contributed by atoms with E-state index in [2.05, 4.69) is 6.08 Å². The third kappa shape index (κ3) is 4.29. The predicted octanol–water partition coefficient (Wildman–Crippen LogP) is 5.41. The number of ketones is 1. The second-order valence-electron chi connectivity index (χ2n) is 8.40. The Labute approximate surface area is 170 Å². The largest absolute Gasteiger partial charge is 0.508 e. The van der Waals surface area contributed by atoms with Gasteiger partial charge in [0.2, 0.25) is 0 Å². The van der Waals surface area contributed by atoms with E-state index in [1.807, 2.05) is 34.6 Å². The predicted molar refractivity (Wildman–Crippen MR) is 114 cm³/mol. The van der Waals surface area contributed by atoms with E-state index in [0.717, 1.165) is 17.6 Å². The van der Waals surface area contributed by atoms with Gasteiger partial charge in [0.15, 0.2) is 5.78 Å². The van der Waals surface area contributed by atoms with Crippen molar-refractivity contribution in [2.75, 3.05) is 0 Å². The van der Waals surface area contributed by atoms with Crippen LogP contribution < -0.4 is 10.4 Å². The Morgan fingerprint density at radius 3 is 2.69 bits per heavy atom. The van der Waals surface area contributed by atoms with Crippen LogP contribution in [-0.4, -0.2) is 16.5 Å². The molecule has 0 spiro atoms. The van der Waals surface area contributed by atoms with Crippen LogP contribution in [0.4, 0.5) is 0 Å². The van der Waals surface area contributed by atoms with Crippen molar-refractivity contribution in [1.82, 2.24) is 0 Å². The molecule has 0 unspecified atom stereocenters. The summed E-state index contributed by atoms with van der Waals surface area (Å²) in [5, 5.41) is 10.4. The first kappa shape index (κ1) is 20.9. The van der Waals surface area contributed by atoms with E-state index in [-0.39, 0.29) is 17.5 Å². The van der Waals surface area contributed by atoms with Crippen molar-refractivity contribution in [3.05, 3.63) is 57.5 Å². The molecule has 0 aliphatic carbocycles. The van der Waals surface area contributed by atoms with Crippen LogP contribution in [0.2, 0.25) is 0 Å². The van der Waals surface area contributed by atoms with E-state index in [0.29, 0.717) is 35.1 Å². The molecule has 0 bridgehead atoms. The molecule has 5 nitrogen and oxygen atoms in total. The number of fused-ring (bicyclic) bond motifs is 3. The van der Waals surface area contributed by atoms with Gasteiger partial charge in [0.25, 0.3) is 0 Å². The molecule has 0 saturated carbocycles. The van der Waals surface area contributed by atoms with Crippen molar-refractivity contribution in [1.29, 1.82) is 0 Å². The molecule has 1 N–H and O–H groups in total. The lowest BCUT2D eigenvalue weighted by atomic mass is 9.84. The number of carbonyl (C=O) groups excluding carboxylic acids is 1. The summed E-state index contributed by atoms with van der Waals surface area (Å²) in [6.45, 7) is 9.76. The highest BCUT2D eigenvalue weighted by molar-refractivity contribution is 5.91. The summed E-state index contributed by atoms with van der Waals surface area (Å²) >= 11 is 0. The smallest absolute Gasteiger partial charge is 0.343 e. The van der Waals surface area contributed by atoms with Crippen LogP contribution in [0.25, 0.3) is 11.0 Å². The minimum Gasteiger partial charge on any atom is -0.508 e. The number of ether oxygens (including phenoxy) is 1. The van der Waals surface area contributed by atoms with Crippen molar-refractivity contribution in [2.45, 2.75) is 65.4 Å². The lowest BCUT2D eigenvalue weighted by Gasteiger charge is -2.28. The van der Waals surface area contributed by atoms with E-state index in [9.17, 15) is 14.7 Å². The average Bonchev–Trinajstić information content (AvgIpc) is 2.86. The van der Waals surface area contributed by atoms with E-state index in [4.69, 9.17) is 9.15 Å². The highest BCUT2D eigenvalue weighted by Gasteiger charge is 2.44. The molecule has 29 heavy (non-hydrogen) atoms. The summed E-state index contributed by atoms with van der Waals surface area (Å²) in [4.78, 5) is 24.5. The van der Waals surface area contributed by atoms with Gasteiger partial charge >= 0.3 is 5.63 Å². The molecule has 2 heterocycles. The minimum absolute atomic E-state index is 0.0395. The maximum absolute atomic E-state index is 12.5. The zero-order valence-electron chi connectivity index (χ0n) is 17.7. The summed E-state index contributed by atoms with van der Waals surface area (Å²) in [5.74, 6) is 0.562. The lowest BCUT2D eigenvalue weighted by molar-refractivity contribution is -0.114. The van der Waals surface area contributed by atoms with Crippen LogP contribution >= 0.6 is 0 Å². The van der Waals surface area contributed by atoms with Crippen LogP contribution in [0.5, 0.6) is 11.5 Å². The van der Waals surface area contributed by atoms with Gasteiger partial charge in [0.1, 0.15) is 22.7 Å². The third-order valence-electron chi connectivity index (χ3n) is 5.60. The molecule has 5 heteroatoms. The normalized spacial score (nSPS) is 21.0. The molecule has 1 aliphatic heterocycles. The molecule has 0 radical (unpaired) electrons. The molecule has 1 aliphatic rings. The fourth-order valence-corrected chi connectivity index (χ4v) is 3.88. The van der Waals surface area contributed by atoms with Gasteiger partial charge in [0, 0.05) is 18.4 Å². The molecule has 0 fully saturated rings. The van der Waals surface area contributed by atoms with Crippen molar-refractivity contribution in [3.8, 4) is 11.5 Å². The van der Waals surface area contributed by atoms with Gasteiger partial charge in [-0.25, -0.2) is 4.79 Å². The monoisotopic (exact) mass is 396 g/mol. The summed E-state index contributed by atoms with van der Waals surface area (Å²) in [6, 6.07) is 4.70. The molecule has 3 rings (SSSR count). The standard InChI is InChI=1S/C24H28O5/c1-14(2)11-18(26)12-15(3)7-6-10-24(5)16(4)21-22(29-24)19-9-8-17(25)13-20(19)28-23(21)27/h7-9,11,13,16,25H,6,10,12H2,1-5H3/b15-7+/t16-,24-/m1/s1. The molecule has 154 valence electrons. The number of hydrogen-bond donors (Lipinski definition) is 1. The lowest BCUT2D eigenvalue weighted by Crippen LogP contribution is -2.33. The van der Waals surface area contributed by atoms with Gasteiger partial charge in [-0.1, -0.05) is 24.1 Å². The maximum Gasteiger partial charge on any atom is 0.343 e. The van der Waals surface area contributed by atoms with Gasteiger partial charge in [-0.05, 0) is 58.7 Å². The van der Waals surface area contributed by atoms with Crippen molar-refractivity contribution in [2.24, 2.45) is 0 Å². The Balaban J connectivity index is 1.79. The second kappa shape index (κ2) is 7.90. The Bertz CT molecular complexity index is 1070. The van der Waals surface area contributed by atoms with Crippen LogP contribution in [0.3, 0.4) is 0 Å². The number of hydrogen-bond acceptors (Lipinski definition) is 5. The van der Waals surface area contributed by atoms with E-state index >= 15 is 0 Å². The Morgan fingerprint density at radius 1 is 1.28 bits per heavy atom. The average molecular weight is 396 g/mol. The van der Waals surface area contributed by atoms with Gasteiger partial charge < -0.3 is 14.3 Å². The molecule has 0 amide bonds. The molecule has 2 aromatic rings. The van der Waals surface area contributed by atoms with E-state index < -0.39 is 11.2 Å². The highest BCUT2D eigenvalue weighted by atomic mass is 16.5. The second-order valence-corrected chi connectivity index (χ2v) is 8.40. The van der Waals surface area contributed by atoms with Crippen molar-refractivity contribution < 1.29 is 19.1 Å². The zero-order chi connectivity index (χ0) is 21.3. The number of allylic oxidation sites excluding steroid dienone is 4. The van der Waals surface area contributed by atoms with Gasteiger partial charge in [-0.2, -0.15) is 0 Å². The first-order valence-corrected chi connectivity index (χ1v) is 9.93. The molecule has 1 aromatic heterocycles.